The molecule has 3 rings (SSSR count). The Morgan fingerprint density at radius 1 is 1.19 bits per heavy atom. The Morgan fingerprint density at radius 2 is 2.12 bits per heavy atom. The summed E-state index contributed by atoms with van der Waals surface area (Å²) in [4.78, 5) is 12.7. The van der Waals surface area contributed by atoms with Crippen LogP contribution in [0.15, 0.2) is 66.3 Å². The summed E-state index contributed by atoms with van der Waals surface area (Å²) in [7, 11) is 0. The average molecular weight is 352 g/mol. The largest absolute Gasteiger partial charge is 0.357 e. The molecule has 3 aromatic rings. The molecule has 0 saturated heterocycles. The molecule has 6 nitrogen and oxygen atoms in total. The molecule has 0 atom stereocenters. The van der Waals surface area contributed by atoms with Crippen LogP contribution in [0.25, 0.3) is 5.69 Å². The topological polar surface area (TPSA) is 67.1 Å². The van der Waals surface area contributed by atoms with Gasteiger partial charge in [0.1, 0.15) is 5.82 Å². The van der Waals surface area contributed by atoms with Crippen LogP contribution in [0.3, 0.4) is 0 Å². The van der Waals surface area contributed by atoms with Crippen molar-refractivity contribution in [1.82, 2.24) is 25.2 Å². The average Bonchev–Trinajstić information content (AvgIpc) is 3.19. The molecule has 0 aliphatic carbocycles. The lowest BCUT2D eigenvalue weighted by atomic mass is 10.2. The van der Waals surface area contributed by atoms with Crippen molar-refractivity contribution in [3.8, 4) is 5.69 Å². The number of imidazole rings is 1. The van der Waals surface area contributed by atoms with E-state index in [1.165, 1.54) is 6.07 Å². The lowest BCUT2D eigenvalue weighted by Crippen LogP contribution is -2.37. The molecule has 0 spiro atoms. The number of nitrogens with zero attached hydrogens (tertiary/aromatic N) is 4. The van der Waals surface area contributed by atoms with Gasteiger partial charge < -0.3 is 15.2 Å². The van der Waals surface area contributed by atoms with Crippen LogP contribution in [-0.2, 0) is 13.1 Å². The van der Waals surface area contributed by atoms with Gasteiger partial charge in [0.25, 0.3) is 0 Å². The quantitative estimate of drug-likeness (QED) is 0.529. The first kappa shape index (κ1) is 17.6. The smallest absolute Gasteiger partial charge is 0.191 e. The molecule has 0 unspecified atom stereocenters. The van der Waals surface area contributed by atoms with E-state index in [0.717, 1.165) is 17.8 Å². The van der Waals surface area contributed by atoms with Crippen molar-refractivity contribution < 1.29 is 4.39 Å². The molecule has 0 aliphatic rings. The number of nitrogens with one attached hydrogen (secondary N) is 2. The molecule has 0 amide bonds. The van der Waals surface area contributed by atoms with Gasteiger partial charge in [-0.3, -0.25) is 4.98 Å². The Kier molecular flexibility index (Phi) is 5.92. The predicted molar refractivity (Wildman–Crippen MR) is 99.4 cm³/mol. The van der Waals surface area contributed by atoms with Gasteiger partial charge in [0.05, 0.1) is 30.8 Å². The number of aliphatic imine (C=N–C) groups is 1. The minimum Gasteiger partial charge on any atom is -0.357 e. The van der Waals surface area contributed by atoms with Gasteiger partial charge in [0.15, 0.2) is 5.96 Å². The van der Waals surface area contributed by atoms with Gasteiger partial charge in [-0.05, 0) is 36.8 Å². The molecule has 0 bridgehead atoms. The zero-order valence-electron chi connectivity index (χ0n) is 14.6. The van der Waals surface area contributed by atoms with Gasteiger partial charge in [0, 0.05) is 25.1 Å². The highest BCUT2D eigenvalue weighted by Gasteiger charge is 2.06. The fourth-order valence-corrected chi connectivity index (χ4v) is 2.45. The van der Waals surface area contributed by atoms with E-state index >= 15 is 0 Å². The van der Waals surface area contributed by atoms with Crippen LogP contribution in [-0.4, -0.2) is 27.0 Å². The zero-order valence-corrected chi connectivity index (χ0v) is 14.6. The van der Waals surface area contributed by atoms with E-state index in [4.69, 9.17) is 0 Å². The van der Waals surface area contributed by atoms with Gasteiger partial charge in [-0.25, -0.2) is 14.4 Å². The fraction of sp³-hybridized carbons (Fsp3) is 0.211. The highest BCUT2D eigenvalue weighted by molar-refractivity contribution is 5.79. The van der Waals surface area contributed by atoms with Crippen molar-refractivity contribution in [2.45, 2.75) is 20.0 Å². The number of guanidine groups is 1. The Hall–Kier alpha value is -3.22. The van der Waals surface area contributed by atoms with Crippen molar-refractivity contribution in [2.24, 2.45) is 4.99 Å². The van der Waals surface area contributed by atoms with Gasteiger partial charge in [-0.2, -0.15) is 0 Å². The molecule has 2 heterocycles. The fourth-order valence-electron chi connectivity index (χ4n) is 2.45. The first-order chi connectivity index (χ1) is 12.8. The number of hydrogen-bond acceptors (Lipinski definition) is 3. The SMILES string of the molecule is CCNC(=NCc1ccc(-n2ccnc2)c(F)c1)NCc1ccccn1. The van der Waals surface area contributed by atoms with Crippen LogP contribution < -0.4 is 10.6 Å². The van der Waals surface area contributed by atoms with Crippen LogP contribution in [0.2, 0.25) is 0 Å². The monoisotopic (exact) mass is 352 g/mol. The molecular formula is C19H21FN6. The molecule has 0 saturated carbocycles. The minimum atomic E-state index is -0.304. The number of pyridine rings is 1. The summed E-state index contributed by atoms with van der Waals surface area (Å²) < 4.78 is 16.0. The van der Waals surface area contributed by atoms with Crippen molar-refractivity contribution in [1.29, 1.82) is 0 Å². The highest BCUT2D eigenvalue weighted by Crippen LogP contribution is 2.15. The van der Waals surface area contributed by atoms with Gasteiger partial charge >= 0.3 is 0 Å². The normalized spacial score (nSPS) is 11.4. The Morgan fingerprint density at radius 3 is 2.81 bits per heavy atom. The molecule has 0 fully saturated rings. The van der Waals surface area contributed by atoms with E-state index in [0.29, 0.717) is 24.7 Å². The lowest BCUT2D eigenvalue weighted by molar-refractivity contribution is 0.615. The maximum atomic E-state index is 14.3. The van der Waals surface area contributed by atoms with E-state index in [1.54, 1.807) is 35.6 Å². The Bertz CT molecular complexity index is 846. The van der Waals surface area contributed by atoms with Crippen LogP contribution in [0, 0.1) is 5.82 Å². The second kappa shape index (κ2) is 8.75. The van der Waals surface area contributed by atoms with Gasteiger partial charge in [-0.1, -0.05) is 12.1 Å². The molecule has 2 aromatic heterocycles. The van der Waals surface area contributed by atoms with E-state index in [1.807, 2.05) is 31.2 Å². The highest BCUT2D eigenvalue weighted by atomic mass is 19.1. The minimum absolute atomic E-state index is 0.304. The third-order valence-electron chi connectivity index (χ3n) is 3.72. The van der Waals surface area contributed by atoms with Crippen molar-refractivity contribution >= 4 is 5.96 Å². The van der Waals surface area contributed by atoms with Crippen LogP contribution in [0.5, 0.6) is 0 Å². The van der Waals surface area contributed by atoms with Crippen molar-refractivity contribution in [3.05, 3.63) is 78.4 Å². The second-order valence-corrected chi connectivity index (χ2v) is 5.63. The summed E-state index contributed by atoms with van der Waals surface area (Å²) in [5.74, 6) is 0.361. The van der Waals surface area contributed by atoms with Crippen LogP contribution in [0.1, 0.15) is 18.2 Å². The molecular weight excluding hydrogens is 331 g/mol. The second-order valence-electron chi connectivity index (χ2n) is 5.63. The summed E-state index contributed by atoms with van der Waals surface area (Å²) in [6, 6.07) is 10.9. The molecule has 7 heteroatoms. The van der Waals surface area contributed by atoms with Gasteiger partial charge in [-0.15, -0.1) is 0 Å². The summed E-state index contributed by atoms with van der Waals surface area (Å²) in [6.07, 6.45) is 6.65. The lowest BCUT2D eigenvalue weighted by Gasteiger charge is -2.11. The third-order valence-corrected chi connectivity index (χ3v) is 3.72. The Balaban J connectivity index is 1.66. The molecule has 134 valence electrons. The first-order valence-electron chi connectivity index (χ1n) is 8.45. The summed E-state index contributed by atoms with van der Waals surface area (Å²) in [5, 5.41) is 6.40. The molecule has 2 N–H and O–H groups in total. The number of benzene rings is 1. The molecule has 0 radical (unpaired) electrons. The van der Waals surface area contributed by atoms with E-state index in [-0.39, 0.29) is 5.82 Å². The Labute approximate surface area is 151 Å². The predicted octanol–water partition coefficient (Wildman–Crippen LogP) is 2.66. The van der Waals surface area contributed by atoms with E-state index in [2.05, 4.69) is 25.6 Å². The number of halogens is 1. The summed E-state index contributed by atoms with van der Waals surface area (Å²) >= 11 is 0. The maximum Gasteiger partial charge on any atom is 0.191 e. The van der Waals surface area contributed by atoms with Crippen molar-refractivity contribution in [3.63, 3.8) is 0 Å². The summed E-state index contributed by atoms with van der Waals surface area (Å²) in [5.41, 5.74) is 2.19. The molecule has 1 aromatic carbocycles. The van der Waals surface area contributed by atoms with E-state index < -0.39 is 0 Å². The molecule has 0 aliphatic heterocycles. The zero-order chi connectivity index (χ0) is 18.2. The van der Waals surface area contributed by atoms with Crippen LogP contribution >= 0.6 is 0 Å². The number of aromatic nitrogens is 3. The third kappa shape index (κ3) is 4.66. The summed E-state index contributed by atoms with van der Waals surface area (Å²) in [6.45, 7) is 3.68. The van der Waals surface area contributed by atoms with E-state index in [9.17, 15) is 4.39 Å². The number of hydrogen-bond donors (Lipinski definition) is 2. The standard InChI is InChI=1S/C19H21FN6/c1-2-22-19(25-13-16-5-3-4-8-23-16)24-12-15-6-7-18(17(20)11-15)26-10-9-21-14-26/h3-11,14H,2,12-13H2,1H3,(H2,22,24,25). The first-order valence-corrected chi connectivity index (χ1v) is 8.45. The molecule has 26 heavy (non-hydrogen) atoms. The van der Waals surface area contributed by atoms with Crippen molar-refractivity contribution in [2.75, 3.05) is 6.54 Å². The number of rotatable bonds is 6. The maximum absolute atomic E-state index is 14.3. The van der Waals surface area contributed by atoms with Crippen LogP contribution in [0.4, 0.5) is 4.39 Å². The van der Waals surface area contributed by atoms with Gasteiger partial charge in [0.2, 0.25) is 0 Å².